The molecule has 0 bridgehead atoms. The summed E-state index contributed by atoms with van der Waals surface area (Å²) in [5, 5.41) is 0. The molecule has 0 radical (unpaired) electrons. The lowest BCUT2D eigenvalue weighted by molar-refractivity contribution is -0.146. The van der Waals surface area contributed by atoms with Crippen molar-refractivity contribution in [2.24, 2.45) is 5.73 Å². The van der Waals surface area contributed by atoms with Gasteiger partial charge in [-0.25, -0.2) is 0 Å². The molecule has 2 unspecified atom stereocenters. The third-order valence-corrected chi connectivity index (χ3v) is 3.76. The minimum atomic E-state index is -0.877. The van der Waals surface area contributed by atoms with Crippen LogP contribution in [0.25, 0.3) is 0 Å². The van der Waals surface area contributed by atoms with E-state index in [0.29, 0.717) is 12.5 Å². The molecule has 19 heavy (non-hydrogen) atoms. The minimum Gasteiger partial charge on any atom is -0.468 e. The van der Waals surface area contributed by atoms with Crippen LogP contribution >= 0.6 is 0 Å². The molecule has 5 nitrogen and oxygen atoms in total. The molecule has 0 aromatic carbocycles. The van der Waals surface area contributed by atoms with Crippen molar-refractivity contribution in [1.82, 2.24) is 4.90 Å². The van der Waals surface area contributed by atoms with Crippen molar-refractivity contribution in [2.75, 3.05) is 33.4 Å². The monoisotopic (exact) mass is 272 g/mol. The molecule has 112 valence electrons. The molecule has 1 aliphatic rings. The maximum Gasteiger partial charge on any atom is 0.325 e. The van der Waals surface area contributed by atoms with Crippen molar-refractivity contribution in [3.05, 3.63) is 0 Å². The predicted molar refractivity (Wildman–Crippen MR) is 74.9 cm³/mol. The van der Waals surface area contributed by atoms with Crippen LogP contribution < -0.4 is 5.73 Å². The van der Waals surface area contributed by atoms with E-state index in [2.05, 4.69) is 11.8 Å². The Morgan fingerprint density at radius 2 is 2.32 bits per heavy atom. The van der Waals surface area contributed by atoms with E-state index in [4.69, 9.17) is 15.2 Å². The number of methoxy groups -OCH3 is 1. The van der Waals surface area contributed by atoms with E-state index >= 15 is 0 Å². The number of esters is 1. The van der Waals surface area contributed by atoms with E-state index in [-0.39, 0.29) is 5.97 Å². The first-order valence-electron chi connectivity index (χ1n) is 7.21. The van der Waals surface area contributed by atoms with Crippen LogP contribution in [0.15, 0.2) is 0 Å². The maximum absolute atomic E-state index is 11.5. The Hall–Kier alpha value is -0.650. The molecule has 5 heteroatoms. The SMILES string of the molecule is CCN(CCCC(C)(N)C(=O)OC)CC1CCCO1. The lowest BCUT2D eigenvalue weighted by Gasteiger charge is -2.26. The number of nitrogens with two attached hydrogens (primary N) is 1. The maximum atomic E-state index is 11.5. The number of nitrogens with zero attached hydrogens (tertiary/aromatic N) is 1. The van der Waals surface area contributed by atoms with Crippen LogP contribution in [0.5, 0.6) is 0 Å². The fourth-order valence-electron chi connectivity index (χ4n) is 2.46. The lowest BCUT2D eigenvalue weighted by Crippen LogP contribution is -2.46. The first kappa shape index (κ1) is 16.4. The van der Waals surface area contributed by atoms with E-state index < -0.39 is 5.54 Å². The molecular formula is C14H28N2O3. The molecule has 1 heterocycles. The Kier molecular flexibility index (Phi) is 6.75. The quantitative estimate of drug-likeness (QED) is 0.672. The Balaban J connectivity index is 2.27. The van der Waals surface area contributed by atoms with E-state index in [1.54, 1.807) is 6.92 Å². The first-order chi connectivity index (χ1) is 8.99. The zero-order valence-corrected chi connectivity index (χ0v) is 12.5. The molecule has 1 aliphatic heterocycles. The molecular weight excluding hydrogens is 244 g/mol. The van der Waals surface area contributed by atoms with Crippen molar-refractivity contribution >= 4 is 5.97 Å². The second kappa shape index (κ2) is 7.82. The Morgan fingerprint density at radius 3 is 2.84 bits per heavy atom. The summed E-state index contributed by atoms with van der Waals surface area (Å²) < 4.78 is 10.4. The number of likely N-dealkylation sites (N-methyl/N-ethyl adjacent to an activating group) is 1. The van der Waals surface area contributed by atoms with Crippen molar-refractivity contribution < 1.29 is 14.3 Å². The van der Waals surface area contributed by atoms with Gasteiger partial charge in [0.1, 0.15) is 5.54 Å². The van der Waals surface area contributed by atoms with Crippen LogP contribution in [0.2, 0.25) is 0 Å². The third-order valence-electron chi connectivity index (χ3n) is 3.76. The van der Waals surface area contributed by atoms with E-state index in [0.717, 1.165) is 39.1 Å². The fraction of sp³-hybridized carbons (Fsp3) is 0.929. The number of rotatable bonds is 8. The van der Waals surface area contributed by atoms with Crippen molar-refractivity contribution in [2.45, 2.75) is 51.2 Å². The van der Waals surface area contributed by atoms with Gasteiger partial charge in [-0.2, -0.15) is 0 Å². The smallest absolute Gasteiger partial charge is 0.325 e. The van der Waals surface area contributed by atoms with Gasteiger partial charge >= 0.3 is 5.97 Å². The summed E-state index contributed by atoms with van der Waals surface area (Å²) >= 11 is 0. The van der Waals surface area contributed by atoms with Gasteiger partial charge in [0.2, 0.25) is 0 Å². The average molecular weight is 272 g/mol. The molecule has 0 spiro atoms. The van der Waals surface area contributed by atoms with Gasteiger partial charge in [-0.1, -0.05) is 6.92 Å². The third kappa shape index (κ3) is 5.47. The van der Waals surface area contributed by atoms with E-state index in [9.17, 15) is 4.79 Å². The second-order valence-electron chi connectivity index (χ2n) is 5.54. The highest BCUT2D eigenvalue weighted by molar-refractivity contribution is 5.79. The molecule has 0 amide bonds. The predicted octanol–water partition coefficient (Wildman–Crippen LogP) is 1.16. The fourth-order valence-corrected chi connectivity index (χ4v) is 2.46. The Labute approximate surface area is 116 Å². The molecule has 2 atom stereocenters. The molecule has 0 saturated carbocycles. The number of hydrogen-bond acceptors (Lipinski definition) is 5. The van der Waals surface area contributed by atoms with Crippen molar-refractivity contribution in [3.8, 4) is 0 Å². The summed E-state index contributed by atoms with van der Waals surface area (Å²) in [6.45, 7) is 7.70. The highest BCUT2D eigenvalue weighted by Gasteiger charge is 2.29. The summed E-state index contributed by atoms with van der Waals surface area (Å²) in [5.41, 5.74) is 5.07. The van der Waals surface area contributed by atoms with Gasteiger partial charge in [0.15, 0.2) is 0 Å². The van der Waals surface area contributed by atoms with Crippen LogP contribution in [0.3, 0.4) is 0 Å². The number of hydrogen-bond donors (Lipinski definition) is 1. The second-order valence-corrected chi connectivity index (χ2v) is 5.54. The highest BCUT2D eigenvalue weighted by Crippen LogP contribution is 2.15. The van der Waals surface area contributed by atoms with Gasteiger partial charge in [-0.15, -0.1) is 0 Å². The topological polar surface area (TPSA) is 64.8 Å². The van der Waals surface area contributed by atoms with Gasteiger partial charge < -0.3 is 20.1 Å². The van der Waals surface area contributed by atoms with Crippen LogP contribution in [-0.4, -0.2) is 55.9 Å². The average Bonchev–Trinajstić information content (AvgIpc) is 2.89. The highest BCUT2D eigenvalue weighted by atomic mass is 16.5. The summed E-state index contributed by atoms with van der Waals surface area (Å²) in [5.74, 6) is -0.338. The summed E-state index contributed by atoms with van der Waals surface area (Å²) in [4.78, 5) is 13.8. The first-order valence-corrected chi connectivity index (χ1v) is 7.21. The van der Waals surface area contributed by atoms with Crippen LogP contribution in [-0.2, 0) is 14.3 Å². The molecule has 2 N–H and O–H groups in total. The van der Waals surface area contributed by atoms with E-state index in [1.807, 2.05) is 0 Å². The largest absolute Gasteiger partial charge is 0.468 e. The molecule has 1 rings (SSSR count). The number of carbonyl (C=O) groups excluding carboxylic acids is 1. The lowest BCUT2D eigenvalue weighted by atomic mass is 9.97. The normalized spacial score (nSPS) is 22.5. The van der Waals surface area contributed by atoms with Crippen molar-refractivity contribution in [1.29, 1.82) is 0 Å². The zero-order valence-electron chi connectivity index (χ0n) is 12.5. The van der Waals surface area contributed by atoms with Gasteiger partial charge in [0, 0.05) is 13.2 Å². The molecule has 0 aliphatic carbocycles. The number of ether oxygens (including phenoxy) is 2. The molecule has 1 saturated heterocycles. The summed E-state index contributed by atoms with van der Waals surface area (Å²) in [6, 6.07) is 0. The molecule has 0 aromatic rings. The standard InChI is InChI=1S/C14H28N2O3/c1-4-16(11-12-7-5-10-19-12)9-6-8-14(2,15)13(17)18-3/h12H,4-11,15H2,1-3H3. The van der Waals surface area contributed by atoms with Gasteiger partial charge in [-0.3, -0.25) is 4.79 Å². The Bertz CT molecular complexity index is 276. The molecule has 0 aromatic heterocycles. The van der Waals surface area contributed by atoms with Gasteiger partial charge in [0.25, 0.3) is 0 Å². The number of carbonyl (C=O) groups is 1. The zero-order chi connectivity index (χ0) is 14.3. The van der Waals surface area contributed by atoms with Crippen LogP contribution in [0.4, 0.5) is 0 Å². The van der Waals surface area contributed by atoms with E-state index in [1.165, 1.54) is 13.5 Å². The summed E-state index contributed by atoms with van der Waals surface area (Å²) in [7, 11) is 1.38. The van der Waals surface area contributed by atoms with Crippen LogP contribution in [0, 0.1) is 0 Å². The minimum absolute atomic E-state index is 0.338. The van der Waals surface area contributed by atoms with Gasteiger partial charge in [0.05, 0.1) is 13.2 Å². The van der Waals surface area contributed by atoms with Crippen molar-refractivity contribution in [3.63, 3.8) is 0 Å². The summed E-state index contributed by atoms with van der Waals surface area (Å²) in [6.07, 6.45) is 4.24. The Morgan fingerprint density at radius 1 is 1.58 bits per heavy atom. The van der Waals surface area contributed by atoms with Crippen LogP contribution in [0.1, 0.15) is 39.5 Å². The molecule has 1 fully saturated rings. The van der Waals surface area contributed by atoms with Gasteiger partial charge in [-0.05, 0) is 45.7 Å².